The molecule has 0 spiro atoms. The van der Waals surface area contributed by atoms with Crippen LogP contribution in [0.4, 0.5) is 11.4 Å². The SMILES string of the molecule is COc1ccc(OC)c(-n2nnc(C(=O)Nc3cc(C(C)(C)C)ccc3OCCCCCCCCN3C(=O)CCC(N4Cc5c(N)cccc5C4=O)C3=O)c2C)c1. The fourth-order valence-electron chi connectivity index (χ4n) is 7.37. The Morgan fingerprint density at radius 3 is 2.39 bits per heavy atom. The smallest absolute Gasteiger partial charge is 0.278 e. The third-order valence-corrected chi connectivity index (χ3v) is 10.7. The van der Waals surface area contributed by atoms with E-state index in [1.807, 2.05) is 18.2 Å². The number of rotatable bonds is 16. The highest BCUT2D eigenvalue weighted by Crippen LogP contribution is 2.34. The summed E-state index contributed by atoms with van der Waals surface area (Å²) in [5.41, 5.74) is 10.6. The lowest BCUT2D eigenvalue weighted by Crippen LogP contribution is -2.54. The van der Waals surface area contributed by atoms with E-state index in [4.69, 9.17) is 19.9 Å². The number of hydrogen-bond acceptors (Lipinski definition) is 10. The van der Waals surface area contributed by atoms with Gasteiger partial charge in [0.2, 0.25) is 5.91 Å². The summed E-state index contributed by atoms with van der Waals surface area (Å²) in [4.78, 5) is 55.8. The molecule has 14 nitrogen and oxygen atoms in total. The molecule has 4 aromatic rings. The van der Waals surface area contributed by atoms with Crippen molar-refractivity contribution in [2.45, 2.75) is 97.1 Å². The number of imide groups is 1. The van der Waals surface area contributed by atoms with Crippen molar-refractivity contribution in [3.63, 3.8) is 0 Å². The number of fused-ring (bicyclic) bond motifs is 1. The van der Waals surface area contributed by atoms with E-state index in [1.165, 1.54) is 4.90 Å². The second kappa shape index (κ2) is 17.5. The number of nitrogens with zero attached hydrogens (tertiary/aromatic N) is 5. The molecule has 302 valence electrons. The number of amides is 4. The van der Waals surface area contributed by atoms with Crippen molar-refractivity contribution in [3.8, 4) is 22.9 Å². The second-order valence-corrected chi connectivity index (χ2v) is 15.6. The minimum atomic E-state index is -0.658. The van der Waals surface area contributed by atoms with E-state index in [9.17, 15) is 19.2 Å². The fraction of sp³-hybridized carbons (Fsp3) is 0.442. The molecule has 1 fully saturated rings. The molecule has 2 aliphatic heterocycles. The van der Waals surface area contributed by atoms with Crippen LogP contribution in [-0.4, -0.2) is 81.8 Å². The van der Waals surface area contributed by atoms with Crippen molar-refractivity contribution in [1.29, 1.82) is 0 Å². The molecule has 3 aromatic carbocycles. The maximum Gasteiger partial charge on any atom is 0.278 e. The zero-order valence-electron chi connectivity index (χ0n) is 33.7. The monoisotopic (exact) mass is 779 g/mol. The average Bonchev–Trinajstić information content (AvgIpc) is 3.74. The summed E-state index contributed by atoms with van der Waals surface area (Å²) in [7, 11) is 3.14. The van der Waals surface area contributed by atoms with Gasteiger partial charge in [-0.05, 0) is 73.6 Å². The first-order valence-electron chi connectivity index (χ1n) is 19.6. The minimum absolute atomic E-state index is 0.162. The number of benzene rings is 3. The van der Waals surface area contributed by atoms with Gasteiger partial charge in [0.15, 0.2) is 5.69 Å². The number of methoxy groups -OCH3 is 2. The molecule has 3 N–H and O–H groups in total. The quantitative estimate of drug-likeness (QED) is 0.0716. The molecule has 1 saturated heterocycles. The summed E-state index contributed by atoms with van der Waals surface area (Å²) in [5, 5.41) is 11.5. The van der Waals surface area contributed by atoms with Gasteiger partial charge in [-0.25, -0.2) is 4.68 Å². The van der Waals surface area contributed by atoms with Crippen molar-refractivity contribution in [2.75, 3.05) is 38.4 Å². The van der Waals surface area contributed by atoms with Gasteiger partial charge in [-0.2, -0.15) is 0 Å². The number of carbonyl (C=O) groups excluding carboxylic acids is 4. The number of piperidine rings is 1. The first kappa shape index (κ1) is 40.7. The lowest BCUT2D eigenvalue weighted by molar-refractivity contribution is -0.152. The number of nitrogen functional groups attached to an aromatic ring is 1. The number of unbranched alkanes of at least 4 members (excludes halogenated alkanes) is 5. The van der Waals surface area contributed by atoms with E-state index in [-0.39, 0.29) is 41.8 Å². The first-order valence-corrected chi connectivity index (χ1v) is 19.6. The predicted octanol–water partition coefficient (Wildman–Crippen LogP) is 6.62. The predicted molar refractivity (Wildman–Crippen MR) is 216 cm³/mol. The molecule has 0 bridgehead atoms. The van der Waals surface area contributed by atoms with Crippen LogP contribution in [0.1, 0.15) is 110 Å². The van der Waals surface area contributed by atoms with Crippen LogP contribution in [0, 0.1) is 6.92 Å². The van der Waals surface area contributed by atoms with Gasteiger partial charge in [0.05, 0.1) is 32.2 Å². The lowest BCUT2D eigenvalue weighted by Gasteiger charge is -2.35. The maximum atomic E-state index is 13.7. The van der Waals surface area contributed by atoms with Gasteiger partial charge in [0, 0.05) is 42.4 Å². The molecule has 6 rings (SSSR count). The molecule has 1 unspecified atom stereocenters. The van der Waals surface area contributed by atoms with Crippen LogP contribution in [-0.2, 0) is 21.5 Å². The Labute approximate surface area is 333 Å². The molecule has 1 atom stereocenters. The number of carbonyl (C=O) groups is 4. The van der Waals surface area contributed by atoms with Gasteiger partial charge < -0.3 is 30.2 Å². The molecule has 0 saturated carbocycles. The van der Waals surface area contributed by atoms with Gasteiger partial charge in [-0.15, -0.1) is 5.10 Å². The van der Waals surface area contributed by atoms with E-state index in [1.54, 1.807) is 67.1 Å². The van der Waals surface area contributed by atoms with E-state index in [0.717, 1.165) is 43.2 Å². The first-order chi connectivity index (χ1) is 27.3. The number of nitrogens with two attached hydrogens (primary N) is 1. The van der Waals surface area contributed by atoms with E-state index in [0.29, 0.717) is 71.6 Å². The number of nitrogens with one attached hydrogen (secondary N) is 1. The number of ether oxygens (including phenoxy) is 3. The number of hydrogen-bond donors (Lipinski definition) is 2. The zero-order valence-corrected chi connectivity index (χ0v) is 33.7. The van der Waals surface area contributed by atoms with Gasteiger partial charge >= 0.3 is 0 Å². The topological polar surface area (TPSA) is 171 Å². The Balaban J connectivity index is 0.979. The van der Waals surface area contributed by atoms with Gasteiger partial charge in [-0.1, -0.05) is 63.8 Å². The molecule has 57 heavy (non-hydrogen) atoms. The van der Waals surface area contributed by atoms with E-state index in [2.05, 4.69) is 36.4 Å². The van der Waals surface area contributed by atoms with Gasteiger partial charge in [0.1, 0.15) is 29.0 Å². The maximum absolute atomic E-state index is 13.7. The zero-order chi connectivity index (χ0) is 40.9. The van der Waals surface area contributed by atoms with Gasteiger partial charge in [-0.3, -0.25) is 24.1 Å². The van der Waals surface area contributed by atoms with Gasteiger partial charge in [0.25, 0.3) is 17.7 Å². The van der Waals surface area contributed by atoms with Crippen molar-refractivity contribution in [3.05, 3.63) is 82.7 Å². The minimum Gasteiger partial charge on any atom is -0.497 e. The van der Waals surface area contributed by atoms with E-state index < -0.39 is 11.9 Å². The molecule has 3 heterocycles. The summed E-state index contributed by atoms with van der Waals surface area (Å²) in [6.45, 7) is 9.19. The Morgan fingerprint density at radius 2 is 1.67 bits per heavy atom. The number of anilines is 2. The van der Waals surface area contributed by atoms with Crippen LogP contribution in [0.2, 0.25) is 0 Å². The Bertz CT molecular complexity index is 2140. The Kier molecular flexibility index (Phi) is 12.5. The van der Waals surface area contributed by atoms with Crippen LogP contribution >= 0.6 is 0 Å². The highest BCUT2D eigenvalue weighted by atomic mass is 16.5. The third-order valence-electron chi connectivity index (χ3n) is 10.7. The number of likely N-dealkylation sites (tertiary alicyclic amines) is 1. The van der Waals surface area contributed by atoms with E-state index >= 15 is 0 Å². The molecule has 1 aromatic heterocycles. The highest BCUT2D eigenvalue weighted by Gasteiger charge is 2.42. The van der Waals surface area contributed by atoms with Crippen LogP contribution in [0.15, 0.2) is 54.6 Å². The van der Waals surface area contributed by atoms with Crippen LogP contribution in [0.3, 0.4) is 0 Å². The Morgan fingerprint density at radius 1 is 0.930 bits per heavy atom. The third kappa shape index (κ3) is 8.90. The summed E-state index contributed by atoms with van der Waals surface area (Å²) < 4.78 is 18.7. The standard InChI is InChI=1S/C43H53N7O7/c1-27-39(46-47-50(27)35-25-29(55-5)17-20-37(35)56-6)40(52)45-33-24-28(43(2,3)4)16-19-36(33)57-23-12-10-8-7-9-11-22-48-38(51)21-18-34(42(48)54)49-26-31-30(41(49)53)14-13-15-32(31)44/h13-17,19-20,24-25,34H,7-12,18,21-23,26,44H2,1-6H3,(H,45,52). The summed E-state index contributed by atoms with van der Waals surface area (Å²) in [6, 6.07) is 15.7. The Hall–Kier alpha value is -5.92. The van der Waals surface area contributed by atoms with Crippen LogP contribution < -0.4 is 25.3 Å². The molecule has 14 heteroatoms. The molecular weight excluding hydrogens is 727 g/mol. The molecule has 4 amide bonds. The summed E-state index contributed by atoms with van der Waals surface area (Å²) in [6.07, 6.45) is 5.79. The van der Waals surface area contributed by atoms with Crippen molar-refractivity contribution in [2.24, 2.45) is 0 Å². The second-order valence-electron chi connectivity index (χ2n) is 15.6. The molecule has 2 aliphatic rings. The van der Waals surface area contributed by atoms with Crippen LogP contribution in [0.25, 0.3) is 5.69 Å². The average molecular weight is 780 g/mol. The normalized spacial score (nSPS) is 15.5. The van der Waals surface area contributed by atoms with Crippen LogP contribution in [0.5, 0.6) is 17.2 Å². The molecule has 0 aliphatic carbocycles. The fourth-order valence-corrected chi connectivity index (χ4v) is 7.37. The van der Waals surface area contributed by atoms with Crippen molar-refractivity contribution >= 4 is 35.0 Å². The molecule has 0 radical (unpaired) electrons. The summed E-state index contributed by atoms with van der Waals surface area (Å²) >= 11 is 0. The summed E-state index contributed by atoms with van der Waals surface area (Å²) in [5.74, 6) is 0.623. The van der Waals surface area contributed by atoms with Crippen molar-refractivity contribution in [1.82, 2.24) is 24.8 Å². The molecular formula is C43H53N7O7. The lowest BCUT2D eigenvalue weighted by atomic mass is 9.87. The largest absolute Gasteiger partial charge is 0.497 e. The number of aromatic nitrogens is 3. The highest BCUT2D eigenvalue weighted by molar-refractivity contribution is 6.06. The van der Waals surface area contributed by atoms with Crippen molar-refractivity contribution < 1.29 is 33.4 Å².